The summed E-state index contributed by atoms with van der Waals surface area (Å²) in [5.74, 6) is 0.691. The second-order valence-electron chi connectivity index (χ2n) is 5.25. The van der Waals surface area contributed by atoms with Crippen LogP contribution < -0.4 is 0 Å². The molecule has 1 amide bonds. The lowest BCUT2D eigenvalue weighted by Crippen LogP contribution is -2.35. The molecule has 1 aliphatic carbocycles. The molecule has 1 rings (SSSR count). The van der Waals surface area contributed by atoms with Gasteiger partial charge < -0.3 is 9.80 Å². The number of carbonyl (C=O) groups is 1. The number of carbonyl (C=O) groups excluding carboxylic acids is 1. The van der Waals surface area contributed by atoms with E-state index in [0.717, 1.165) is 32.4 Å². The molecular formula is C13H26N2O. The van der Waals surface area contributed by atoms with Crippen molar-refractivity contribution in [1.29, 1.82) is 0 Å². The Morgan fingerprint density at radius 2 is 1.69 bits per heavy atom. The number of nitrogens with zero attached hydrogens (tertiary/aromatic N) is 2. The summed E-state index contributed by atoms with van der Waals surface area (Å²) in [4.78, 5) is 16.2. The van der Waals surface area contributed by atoms with E-state index in [2.05, 4.69) is 19.0 Å². The van der Waals surface area contributed by atoms with Crippen LogP contribution in [0.1, 0.15) is 38.5 Å². The highest BCUT2D eigenvalue weighted by Crippen LogP contribution is 2.25. The van der Waals surface area contributed by atoms with Crippen LogP contribution in [0.3, 0.4) is 0 Å². The van der Waals surface area contributed by atoms with Gasteiger partial charge in [-0.3, -0.25) is 4.79 Å². The fraction of sp³-hybridized carbons (Fsp3) is 0.923. The van der Waals surface area contributed by atoms with Crippen LogP contribution in [0.25, 0.3) is 0 Å². The Kier molecular flexibility index (Phi) is 5.81. The van der Waals surface area contributed by atoms with Crippen LogP contribution in [0.4, 0.5) is 0 Å². The van der Waals surface area contributed by atoms with Crippen molar-refractivity contribution in [2.45, 2.75) is 38.5 Å². The van der Waals surface area contributed by atoms with E-state index < -0.39 is 0 Å². The molecule has 0 spiro atoms. The maximum Gasteiger partial charge on any atom is 0.225 e. The van der Waals surface area contributed by atoms with Gasteiger partial charge in [-0.1, -0.05) is 19.3 Å². The first kappa shape index (κ1) is 13.5. The fourth-order valence-corrected chi connectivity index (χ4v) is 2.40. The molecule has 0 aromatic heterocycles. The lowest BCUT2D eigenvalue weighted by atomic mass is 9.88. The lowest BCUT2D eigenvalue weighted by molar-refractivity contribution is -0.135. The summed E-state index contributed by atoms with van der Waals surface area (Å²) < 4.78 is 0. The van der Waals surface area contributed by atoms with E-state index in [0.29, 0.717) is 11.8 Å². The Balaban J connectivity index is 2.23. The van der Waals surface area contributed by atoms with Crippen molar-refractivity contribution in [2.75, 3.05) is 34.2 Å². The molecule has 0 bridgehead atoms. The number of hydrogen-bond acceptors (Lipinski definition) is 2. The van der Waals surface area contributed by atoms with Gasteiger partial charge in [0, 0.05) is 19.5 Å². The van der Waals surface area contributed by atoms with Crippen molar-refractivity contribution < 1.29 is 4.79 Å². The molecule has 1 fully saturated rings. The van der Waals surface area contributed by atoms with Gasteiger partial charge in [0.05, 0.1) is 0 Å². The van der Waals surface area contributed by atoms with Crippen LogP contribution in [0, 0.1) is 5.92 Å². The zero-order valence-corrected chi connectivity index (χ0v) is 11.0. The van der Waals surface area contributed by atoms with E-state index in [9.17, 15) is 4.79 Å². The van der Waals surface area contributed by atoms with E-state index >= 15 is 0 Å². The molecule has 3 heteroatoms. The molecule has 0 heterocycles. The van der Waals surface area contributed by atoms with Gasteiger partial charge in [-0.05, 0) is 39.9 Å². The van der Waals surface area contributed by atoms with Crippen molar-refractivity contribution in [3.8, 4) is 0 Å². The van der Waals surface area contributed by atoms with Crippen molar-refractivity contribution in [3.05, 3.63) is 0 Å². The second-order valence-corrected chi connectivity index (χ2v) is 5.25. The maximum atomic E-state index is 12.1. The molecule has 0 radical (unpaired) electrons. The average Bonchev–Trinajstić information content (AvgIpc) is 2.28. The quantitative estimate of drug-likeness (QED) is 0.715. The lowest BCUT2D eigenvalue weighted by Gasteiger charge is -2.26. The van der Waals surface area contributed by atoms with Crippen LogP contribution in [0.15, 0.2) is 0 Å². The monoisotopic (exact) mass is 226 g/mol. The normalized spacial score (nSPS) is 17.8. The summed E-state index contributed by atoms with van der Waals surface area (Å²) in [5.41, 5.74) is 0. The van der Waals surface area contributed by atoms with Gasteiger partial charge in [0.15, 0.2) is 0 Å². The predicted octanol–water partition coefficient (Wildman–Crippen LogP) is 1.98. The highest BCUT2D eigenvalue weighted by Gasteiger charge is 2.23. The minimum atomic E-state index is 0.318. The van der Waals surface area contributed by atoms with Gasteiger partial charge in [0.1, 0.15) is 0 Å². The molecule has 3 nitrogen and oxygen atoms in total. The number of rotatable bonds is 5. The van der Waals surface area contributed by atoms with E-state index in [4.69, 9.17) is 0 Å². The van der Waals surface area contributed by atoms with Crippen LogP contribution >= 0.6 is 0 Å². The standard InChI is InChI=1S/C13H26N2O/c1-14(2)10-7-11-15(3)13(16)12-8-5-4-6-9-12/h12H,4-11H2,1-3H3. The molecule has 1 aliphatic rings. The summed E-state index contributed by atoms with van der Waals surface area (Å²) in [5, 5.41) is 0. The molecule has 0 unspecified atom stereocenters. The van der Waals surface area contributed by atoms with E-state index in [1.165, 1.54) is 19.3 Å². The molecule has 0 aromatic rings. The van der Waals surface area contributed by atoms with E-state index in [1.54, 1.807) is 0 Å². The summed E-state index contributed by atoms with van der Waals surface area (Å²) in [7, 11) is 6.10. The highest BCUT2D eigenvalue weighted by molar-refractivity contribution is 5.78. The molecular weight excluding hydrogens is 200 g/mol. The third-order valence-corrected chi connectivity index (χ3v) is 3.43. The minimum absolute atomic E-state index is 0.318. The van der Waals surface area contributed by atoms with Crippen molar-refractivity contribution in [1.82, 2.24) is 9.80 Å². The topological polar surface area (TPSA) is 23.6 Å². The Bertz CT molecular complexity index is 210. The molecule has 0 aliphatic heterocycles. The third kappa shape index (κ3) is 4.52. The van der Waals surface area contributed by atoms with Gasteiger partial charge in [-0.2, -0.15) is 0 Å². The van der Waals surface area contributed by atoms with E-state index in [1.807, 2.05) is 11.9 Å². The van der Waals surface area contributed by atoms with Gasteiger partial charge in [-0.25, -0.2) is 0 Å². The van der Waals surface area contributed by atoms with Gasteiger partial charge >= 0.3 is 0 Å². The van der Waals surface area contributed by atoms with Crippen molar-refractivity contribution >= 4 is 5.91 Å². The molecule has 1 saturated carbocycles. The van der Waals surface area contributed by atoms with Gasteiger partial charge in [0.2, 0.25) is 5.91 Å². The van der Waals surface area contributed by atoms with Crippen LogP contribution in [0.2, 0.25) is 0 Å². The van der Waals surface area contributed by atoms with Gasteiger partial charge in [0.25, 0.3) is 0 Å². The second kappa shape index (κ2) is 6.89. The van der Waals surface area contributed by atoms with Crippen LogP contribution in [-0.2, 0) is 4.79 Å². The first-order chi connectivity index (χ1) is 7.61. The van der Waals surface area contributed by atoms with E-state index in [-0.39, 0.29) is 0 Å². The summed E-state index contributed by atoms with van der Waals surface area (Å²) in [6, 6.07) is 0. The molecule has 94 valence electrons. The summed E-state index contributed by atoms with van der Waals surface area (Å²) in [6.07, 6.45) is 7.08. The Hall–Kier alpha value is -0.570. The maximum absolute atomic E-state index is 12.1. The molecule has 0 aromatic carbocycles. The smallest absolute Gasteiger partial charge is 0.225 e. The Morgan fingerprint density at radius 1 is 1.06 bits per heavy atom. The molecule has 0 atom stereocenters. The first-order valence-electron chi connectivity index (χ1n) is 6.51. The zero-order chi connectivity index (χ0) is 12.0. The summed E-state index contributed by atoms with van der Waals surface area (Å²) in [6.45, 7) is 1.95. The van der Waals surface area contributed by atoms with Crippen molar-refractivity contribution in [3.63, 3.8) is 0 Å². The van der Waals surface area contributed by atoms with Crippen LogP contribution in [0.5, 0.6) is 0 Å². The fourth-order valence-electron chi connectivity index (χ4n) is 2.40. The molecule has 16 heavy (non-hydrogen) atoms. The van der Waals surface area contributed by atoms with Gasteiger partial charge in [-0.15, -0.1) is 0 Å². The largest absolute Gasteiger partial charge is 0.345 e. The van der Waals surface area contributed by atoms with Crippen molar-refractivity contribution in [2.24, 2.45) is 5.92 Å². The SMILES string of the molecule is CN(C)CCCN(C)C(=O)C1CCCCC1. The minimum Gasteiger partial charge on any atom is -0.345 e. The molecule has 0 N–H and O–H groups in total. The third-order valence-electron chi connectivity index (χ3n) is 3.43. The number of hydrogen-bond donors (Lipinski definition) is 0. The predicted molar refractivity (Wildman–Crippen MR) is 67.4 cm³/mol. The average molecular weight is 226 g/mol. The number of amides is 1. The summed E-state index contributed by atoms with van der Waals surface area (Å²) >= 11 is 0. The highest BCUT2D eigenvalue weighted by atomic mass is 16.2. The zero-order valence-electron chi connectivity index (χ0n) is 11.0. The Labute approximate surface area is 99.8 Å². The Morgan fingerprint density at radius 3 is 2.25 bits per heavy atom. The first-order valence-corrected chi connectivity index (χ1v) is 6.51. The molecule has 0 saturated heterocycles. The van der Waals surface area contributed by atoms with Crippen LogP contribution in [-0.4, -0.2) is 49.9 Å².